The zero-order valence-corrected chi connectivity index (χ0v) is 50.7. The summed E-state index contributed by atoms with van der Waals surface area (Å²) in [5, 5.41) is 35.0. The third kappa shape index (κ3) is 33.8. The van der Waals surface area contributed by atoms with Gasteiger partial charge in [0, 0.05) is 109 Å². The number of ketones is 1. The number of carbonyl (C=O) groups excluding carboxylic acids is 1. The van der Waals surface area contributed by atoms with Crippen LogP contribution in [0.1, 0.15) is 87.7 Å². The number of hydrogen-bond acceptors (Lipinski definition) is 15. The van der Waals surface area contributed by atoms with Crippen LogP contribution in [0.5, 0.6) is 23.0 Å². The van der Waals surface area contributed by atoms with E-state index in [0.717, 1.165) is 75.8 Å². The Kier molecular flexibility index (Phi) is 44.0. The van der Waals surface area contributed by atoms with Crippen LogP contribution in [-0.4, -0.2) is 71.5 Å². The molecule has 0 atom stereocenters. The van der Waals surface area contributed by atoms with Gasteiger partial charge in [-0.05, 0) is 84.3 Å². The van der Waals surface area contributed by atoms with Crippen LogP contribution in [0.2, 0.25) is 5.02 Å². The van der Waals surface area contributed by atoms with Crippen LogP contribution in [0.4, 0.5) is 0 Å². The third-order valence-electron chi connectivity index (χ3n) is 10.9. The summed E-state index contributed by atoms with van der Waals surface area (Å²) >= 11 is 5.53. The van der Waals surface area contributed by atoms with Crippen molar-refractivity contribution in [1.82, 2.24) is 24.9 Å². The van der Waals surface area contributed by atoms with Gasteiger partial charge in [-0.2, -0.15) is 10.5 Å². The van der Waals surface area contributed by atoms with E-state index in [1.807, 2.05) is 164 Å². The smallest absolute Gasteiger partial charge is 1.00 e. The zero-order valence-electron chi connectivity index (χ0n) is 48.8. The van der Waals surface area contributed by atoms with E-state index in [9.17, 15) is 4.79 Å². The van der Waals surface area contributed by atoms with E-state index in [2.05, 4.69) is 24.9 Å². The van der Waals surface area contributed by atoms with Gasteiger partial charge in [0.2, 0.25) is 0 Å². The van der Waals surface area contributed by atoms with Crippen LogP contribution in [0, 0.1) is 22.7 Å². The Labute approximate surface area is 553 Å². The average Bonchev–Trinajstić information content (AvgIpc) is 3.55. The normalized spacial score (nSPS) is 9.29. The van der Waals surface area contributed by atoms with Crippen molar-refractivity contribution in [1.29, 1.82) is 10.5 Å². The van der Waals surface area contributed by atoms with Crippen LogP contribution < -0.4 is 73.1 Å². The Bertz CT molecular complexity index is 3280. The van der Waals surface area contributed by atoms with Crippen LogP contribution in [0.3, 0.4) is 0 Å². The van der Waals surface area contributed by atoms with Gasteiger partial charge in [0.1, 0.15) is 79.6 Å². The molecule has 9 rings (SSSR count). The fourth-order valence-electron chi connectivity index (χ4n) is 6.78. The number of nitrogens with zero attached hydrogens (tertiary/aromatic N) is 7. The number of aromatic nitrogens is 5. The summed E-state index contributed by atoms with van der Waals surface area (Å²) in [5.74, 6) is 2.87. The summed E-state index contributed by atoms with van der Waals surface area (Å²) in [6.07, 6.45) is 11.7. The minimum atomic E-state index is -0.413. The molecule has 15 nitrogen and oxygen atoms in total. The maximum Gasteiger partial charge on any atom is 1.00 e. The Balaban J connectivity index is -0.00000101. The second kappa shape index (κ2) is 48.1. The largest absolute Gasteiger partial charge is 1.00 e. The number of Topliss-reactive ketones (excluding diaryl/α,β-unsaturated/α-hetero) is 1. The molecular formula is C66H73AlClLiN8NaO7. The van der Waals surface area contributed by atoms with E-state index in [0.29, 0.717) is 68.0 Å². The van der Waals surface area contributed by atoms with Crippen molar-refractivity contribution in [2.24, 2.45) is 5.73 Å². The molecule has 5 aromatic heterocycles. The van der Waals surface area contributed by atoms with Crippen molar-refractivity contribution in [2.45, 2.75) is 79.9 Å². The molecule has 4 N–H and O–H groups in total. The van der Waals surface area contributed by atoms with Gasteiger partial charge in [0.05, 0.1) is 5.69 Å². The number of nitrogens with two attached hydrogens (primary N) is 1. The number of benzene rings is 4. The number of carbonyl (C=O) groups is 1. The van der Waals surface area contributed by atoms with Gasteiger partial charge in [0.15, 0.2) is 5.78 Å². The van der Waals surface area contributed by atoms with E-state index >= 15 is 0 Å². The van der Waals surface area contributed by atoms with Crippen molar-refractivity contribution >= 4 is 34.7 Å². The summed E-state index contributed by atoms with van der Waals surface area (Å²) < 4.78 is 22.6. The molecule has 3 radical (unpaired) electrons. The molecule has 0 fully saturated rings. The third-order valence-corrected chi connectivity index (χ3v) is 11.2. The van der Waals surface area contributed by atoms with Crippen molar-refractivity contribution in [3.8, 4) is 35.1 Å². The number of pyridine rings is 5. The van der Waals surface area contributed by atoms with Crippen molar-refractivity contribution in [2.75, 3.05) is 13.2 Å². The molecular weight excluding hydrogens is 1110 g/mol. The van der Waals surface area contributed by atoms with Crippen LogP contribution >= 0.6 is 11.6 Å². The summed E-state index contributed by atoms with van der Waals surface area (Å²) in [5.41, 5.74) is 13.4. The first-order valence-corrected chi connectivity index (χ1v) is 26.0. The molecule has 0 aliphatic heterocycles. The number of hydrogen-bond donors (Lipinski definition) is 3. The number of rotatable bonds is 21. The Morgan fingerprint density at radius 3 is 1.19 bits per heavy atom. The number of aliphatic hydroxyl groups excluding tert-OH is 2. The molecule has 19 heteroatoms. The van der Waals surface area contributed by atoms with Crippen molar-refractivity contribution in [3.05, 3.63) is 269 Å². The summed E-state index contributed by atoms with van der Waals surface area (Å²) in [6.45, 7) is 2.39. The fraction of sp³-hybridized carbons (Fsp3) is 0.212. The van der Waals surface area contributed by atoms with Crippen molar-refractivity contribution < 1.29 is 85.2 Å². The topological polar surface area (TPSA) is 232 Å². The van der Waals surface area contributed by atoms with E-state index in [-0.39, 0.29) is 95.9 Å². The number of ether oxygens (including phenoxy) is 4. The Morgan fingerprint density at radius 1 is 0.494 bits per heavy atom. The molecule has 9 aromatic rings. The molecule has 85 heavy (non-hydrogen) atoms. The molecule has 431 valence electrons. The van der Waals surface area contributed by atoms with Gasteiger partial charge in [-0.25, -0.2) is 9.97 Å². The maximum atomic E-state index is 11.1. The van der Waals surface area contributed by atoms with Crippen LogP contribution in [0.15, 0.2) is 213 Å². The number of aryl methyl sites for hydroxylation is 2. The van der Waals surface area contributed by atoms with Gasteiger partial charge in [-0.1, -0.05) is 148 Å². The van der Waals surface area contributed by atoms with Crippen molar-refractivity contribution in [3.63, 3.8) is 0 Å². The van der Waals surface area contributed by atoms with E-state index < -0.39 is 6.61 Å². The van der Waals surface area contributed by atoms with Gasteiger partial charge in [-0.3, -0.25) is 19.7 Å². The monoisotopic (exact) mass is 1180 g/mol. The van der Waals surface area contributed by atoms with Crippen LogP contribution in [-0.2, 0) is 50.6 Å². The van der Waals surface area contributed by atoms with Gasteiger partial charge >= 0.3 is 48.4 Å². The molecule has 0 saturated heterocycles. The standard InChI is InChI=1S/C16H17NO3.C16H19NO2.C13H14N2O.C13H10N2O.C6H3ClN2.2CH4.Al.Li.Na.2H/c18-11-15(19)7-6-14-10-16(8-9-17-14)20-12-13-4-2-1-3-5-13;18-11-5-4-8-15-12-16(9-10-17-15)19-13-14-6-2-1-3-7-14;2*14-9-12-8-13(6-7-15-12)16-10-11-4-2-1-3-5-11;7-5-1-2-9-6(3-5)4-8;;;;;;;/h1-5,8-10,18H,6-7,11-12H2;1-3,6-7,9-10,12,18H,4-5,8,11,13H2;1-8H,9-10,14H2;1-8H,10H2;1-3H;2*1H4;;;;;/q;;;;;;;;2*+1;2*-1. The van der Waals surface area contributed by atoms with E-state index in [1.54, 1.807) is 49.1 Å². The summed E-state index contributed by atoms with van der Waals surface area (Å²) in [4.78, 5) is 31.3. The van der Waals surface area contributed by atoms with Gasteiger partial charge in [0.25, 0.3) is 0 Å². The Morgan fingerprint density at radius 2 is 0.835 bits per heavy atom. The minimum absolute atomic E-state index is 0. The van der Waals surface area contributed by atoms with Gasteiger partial charge in [-0.15, -0.1) is 0 Å². The number of halogens is 1. The van der Waals surface area contributed by atoms with E-state index in [4.69, 9.17) is 57.0 Å². The molecule has 4 aromatic carbocycles. The molecule has 0 aliphatic carbocycles. The fourth-order valence-corrected chi connectivity index (χ4v) is 6.94. The number of aliphatic hydroxyl groups is 2. The number of unbranched alkanes of at least 4 members (excludes halogenated alkanes) is 1. The number of nitriles is 2. The Hall–Kier alpha value is -7.22. The molecule has 0 saturated carbocycles. The minimum Gasteiger partial charge on any atom is -1.00 e. The molecule has 0 bridgehead atoms. The first-order chi connectivity index (χ1) is 39.2. The van der Waals surface area contributed by atoms with Gasteiger partial charge < -0.3 is 37.7 Å². The summed E-state index contributed by atoms with van der Waals surface area (Å²) in [6, 6.07) is 61.4. The molecule has 0 amide bonds. The predicted octanol–water partition coefficient (Wildman–Crippen LogP) is 6.51. The average molecular weight is 1180 g/mol. The van der Waals surface area contributed by atoms with E-state index in [1.165, 1.54) is 12.3 Å². The van der Waals surface area contributed by atoms with Crippen LogP contribution in [0.25, 0.3) is 0 Å². The molecule has 0 spiro atoms. The zero-order chi connectivity index (χ0) is 56.7. The second-order valence-electron chi connectivity index (χ2n) is 17.1. The maximum absolute atomic E-state index is 11.1. The predicted molar refractivity (Wildman–Crippen MR) is 328 cm³/mol. The first kappa shape index (κ1) is 77.8. The summed E-state index contributed by atoms with van der Waals surface area (Å²) in [7, 11) is 0. The first-order valence-electron chi connectivity index (χ1n) is 25.6. The molecule has 0 unspecified atom stereocenters. The SMILES string of the molecule is C.C.N#Cc1cc(Cl)ccn1.N#Cc1cc(OCc2ccccc2)ccn1.NCc1cc(OCc2ccccc2)ccn1.O=C(CO)CCc1cc(OCc2ccccc2)ccn1.OCCCCc1cc(OCc2ccccc2)ccn1.[Al].[H-].[H-].[Li+].[Na+]. The molecule has 0 aliphatic rings. The second-order valence-corrected chi connectivity index (χ2v) is 17.5. The quantitative estimate of drug-likeness (QED) is 0.0514. The molecule has 5 heterocycles.